The van der Waals surface area contributed by atoms with Gasteiger partial charge in [-0.1, -0.05) is 0 Å². The Kier molecular flexibility index (Phi) is 4.88. The second kappa shape index (κ2) is 7.32. The van der Waals surface area contributed by atoms with E-state index in [0.29, 0.717) is 30.9 Å². The Morgan fingerprint density at radius 2 is 1.96 bits per heavy atom. The number of hydrogen-bond donors (Lipinski definition) is 0. The lowest BCUT2D eigenvalue weighted by molar-refractivity contribution is -0.146. The van der Waals surface area contributed by atoms with E-state index in [0.717, 1.165) is 19.4 Å². The highest BCUT2D eigenvalue weighted by Gasteiger charge is 2.43. The molecule has 1 spiro atoms. The van der Waals surface area contributed by atoms with E-state index in [4.69, 9.17) is 4.74 Å². The summed E-state index contributed by atoms with van der Waals surface area (Å²) in [5, 5.41) is 0. The van der Waals surface area contributed by atoms with Crippen LogP contribution in [0.15, 0.2) is 42.7 Å². The maximum atomic E-state index is 13.9. The molecule has 7 heteroatoms. The van der Waals surface area contributed by atoms with Crippen LogP contribution < -0.4 is 4.90 Å². The fraction of sp³-hybridized carbons (Fsp3) is 0.400. The quantitative estimate of drug-likeness (QED) is 0.830. The molecule has 1 aromatic carbocycles. The Hall–Kier alpha value is -2.38. The number of carbonyl (C=O) groups excluding carboxylic acids is 1. The van der Waals surface area contributed by atoms with Crippen LogP contribution in [0.25, 0.3) is 0 Å². The minimum absolute atomic E-state index is 0.00512. The van der Waals surface area contributed by atoms with E-state index >= 15 is 0 Å². The molecule has 27 heavy (non-hydrogen) atoms. The van der Waals surface area contributed by atoms with Crippen LogP contribution in [0.4, 0.5) is 14.5 Å². The van der Waals surface area contributed by atoms with E-state index in [1.165, 1.54) is 18.3 Å². The van der Waals surface area contributed by atoms with Crippen molar-refractivity contribution < 1.29 is 18.3 Å². The monoisotopic (exact) mass is 373 g/mol. The van der Waals surface area contributed by atoms with Crippen molar-refractivity contribution in [1.82, 2.24) is 9.88 Å². The first kappa shape index (κ1) is 18.0. The number of likely N-dealkylation sites (tertiary alicyclic amines) is 1. The number of rotatable bonds is 3. The third kappa shape index (κ3) is 3.84. The first-order valence-corrected chi connectivity index (χ1v) is 9.05. The van der Waals surface area contributed by atoms with Gasteiger partial charge in [0.25, 0.3) is 5.91 Å². The molecule has 1 atom stereocenters. The van der Waals surface area contributed by atoms with E-state index in [-0.39, 0.29) is 24.1 Å². The summed E-state index contributed by atoms with van der Waals surface area (Å²) in [6, 6.07) is 7.61. The lowest BCUT2D eigenvalue weighted by atomic mass is 9.90. The zero-order valence-electron chi connectivity index (χ0n) is 14.9. The molecular weight excluding hydrogens is 352 g/mol. The molecule has 1 amide bonds. The molecule has 1 aromatic heterocycles. The van der Waals surface area contributed by atoms with Crippen LogP contribution in [0.1, 0.15) is 18.4 Å². The van der Waals surface area contributed by atoms with Gasteiger partial charge in [0.05, 0.1) is 18.3 Å². The van der Waals surface area contributed by atoms with Gasteiger partial charge in [0.2, 0.25) is 0 Å². The molecule has 142 valence electrons. The molecule has 2 aromatic rings. The van der Waals surface area contributed by atoms with Crippen LogP contribution in [0, 0.1) is 11.6 Å². The van der Waals surface area contributed by atoms with E-state index in [1.807, 2.05) is 0 Å². The predicted molar refractivity (Wildman–Crippen MR) is 96.1 cm³/mol. The molecule has 2 fully saturated rings. The molecule has 0 aliphatic carbocycles. The second-order valence-electron chi connectivity index (χ2n) is 7.21. The van der Waals surface area contributed by atoms with Crippen LogP contribution in [0.3, 0.4) is 0 Å². The standard InChI is InChI=1S/C20H21F2N3O2/c21-16-2-4-17(5-3-16)25-14-20(27-12-19(25)26)7-1-9-24(13-20)11-15-6-8-23-10-18(15)22/h2-6,8,10H,1,7,9,11-14H2. The Labute approximate surface area is 156 Å². The highest BCUT2D eigenvalue weighted by atomic mass is 19.1. The number of morpholine rings is 1. The van der Waals surface area contributed by atoms with Gasteiger partial charge in [0.1, 0.15) is 18.2 Å². The number of anilines is 1. The van der Waals surface area contributed by atoms with Crippen molar-refractivity contribution in [2.75, 3.05) is 31.1 Å². The number of pyridine rings is 1. The van der Waals surface area contributed by atoms with E-state index in [1.54, 1.807) is 29.3 Å². The van der Waals surface area contributed by atoms with Crippen molar-refractivity contribution in [3.8, 4) is 0 Å². The smallest absolute Gasteiger partial charge is 0.253 e. The van der Waals surface area contributed by atoms with Gasteiger partial charge in [0.15, 0.2) is 0 Å². The minimum Gasteiger partial charge on any atom is -0.362 e. The maximum Gasteiger partial charge on any atom is 0.253 e. The molecule has 2 saturated heterocycles. The maximum absolute atomic E-state index is 13.9. The van der Waals surface area contributed by atoms with Gasteiger partial charge in [-0.05, 0) is 49.7 Å². The molecular formula is C20H21F2N3O2. The van der Waals surface area contributed by atoms with Crippen LogP contribution in [0.2, 0.25) is 0 Å². The van der Waals surface area contributed by atoms with Crippen molar-refractivity contribution in [3.05, 3.63) is 59.9 Å². The largest absolute Gasteiger partial charge is 0.362 e. The summed E-state index contributed by atoms with van der Waals surface area (Å²) in [6.07, 6.45) is 4.54. The molecule has 0 saturated carbocycles. The number of aromatic nitrogens is 1. The van der Waals surface area contributed by atoms with E-state index in [2.05, 4.69) is 9.88 Å². The summed E-state index contributed by atoms with van der Waals surface area (Å²) in [5.41, 5.74) is 0.773. The summed E-state index contributed by atoms with van der Waals surface area (Å²) < 4.78 is 33.1. The third-order valence-corrected chi connectivity index (χ3v) is 5.26. The number of benzene rings is 1. The number of hydrogen-bond acceptors (Lipinski definition) is 4. The average molecular weight is 373 g/mol. The highest BCUT2D eigenvalue weighted by Crippen LogP contribution is 2.32. The summed E-state index contributed by atoms with van der Waals surface area (Å²) in [7, 11) is 0. The topological polar surface area (TPSA) is 45.7 Å². The molecule has 1 unspecified atom stereocenters. The molecule has 2 aliphatic rings. The highest BCUT2D eigenvalue weighted by molar-refractivity contribution is 5.95. The number of carbonyl (C=O) groups is 1. The van der Waals surface area contributed by atoms with Gasteiger partial charge in [-0.25, -0.2) is 8.78 Å². The fourth-order valence-corrected chi connectivity index (χ4v) is 3.92. The van der Waals surface area contributed by atoms with Crippen LogP contribution in [-0.4, -0.2) is 47.6 Å². The van der Waals surface area contributed by atoms with Crippen molar-refractivity contribution >= 4 is 11.6 Å². The lowest BCUT2D eigenvalue weighted by Crippen LogP contribution is -2.61. The number of nitrogens with zero attached hydrogens (tertiary/aromatic N) is 3. The normalized spacial score (nSPS) is 23.8. The first-order chi connectivity index (χ1) is 13.0. The first-order valence-electron chi connectivity index (χ1n) is 9.05. The van der Waals surface area contributed by atoms with Gasteiger partial charge in [-0.3, -0.25) is 14.7 Å². The molecule has 0 radical (unpaired) electrons. The predicted octanol–water partition coefficient (Wildman–Crippen LogP) is 2.76. The van der Waals surface area contributed by atoms with Gasteiger partial charge in [-0.15, -0.1) is 0 Å². The number of piperidine rings is 1. The SMILES string of the molecule is O=C1COC2(CCCN(Cc3ccncc3F)C2)CN1c1ccc(F)cc1. The third-order valence-electron chi connectivity index (χ3n) is 5.26. The number of ether oxygens (including phenoxy) is 1. The van der Waals surface area contributed by atoms with E-state index in [9.17, 15) is 13.6 Å². The van der Waals surface area contributed by atoms with Gasteiger partial charge < -0.3 is 9.64 Å². The zero-order chi connectivity index (χ0) is 18.9. The molecule has 4 rings (SSSR count). The molecule has 0 bridgehead atoms. The van der Waals surface area contributed by atoms with Crippen LogP contribution in [0.5, 0.6) is 0 Å². The summed E-state index contributed by atoms with van der Waals surface area (Å²) in [4.78, 5) is 20.0. The summed E-state index contributed by atoms with van der Waals surface area (Å²) >= 11 is 0. The zero-order valence-corrected chi connectivity index (χ0v) is 14.9. The summed E-state index contributed by atoms with van der Waals surface area (Å²) in [5.74, 6) is -0.785. The van der Waals surface area contributed by atoms with Crippen molar-refractivity contribution in [1.29, 1.82) is 0 Å². The molecule has 0 N–H and O–H groups in total. The van der Waals surface area contributed by atoms with Crippen molar-refractivity contribution in [3.63, 3.8) is 0 Å². The number of amides is 1. The Bertz CT molecular complexity index is 830. The van der Waals surface area contributed by atoms with Crippen molar-refractivity contribution in [2.24, 2.45) is 0 Å². The second-order valence-corrected chi connectivity index (χ2v) is 7.21. The summed E-state index contributed by atoms with van der Waals surface area (Å²) in [6.45, 7) is 2.34. The van der Waals surface area contributed by atoms with E-state index < -0.39 is 5.60 Å². The molecule has 5 nitrogen and oxygen atoms in total. The van der Waals surface area contributed by atoms with Crippen LogP contribution >= 0.6 is 0 Å². The lowest BCUT2D eigenvalue weighted by Gasteiger charge is -2.47. The minimum atomic E-state index is -0.496. The Balaban J connectivity index is 1.51. The van der Waals surface area contributed by atoms with Crippen LogP contribution in [-0.2, 0) is 16.1 Å². The van der Waals surface area contributed by atoms with Gasteiger partial charge >= 0.3 is 0 Å². The Morgan fingerprint density at radius 1 is 1.15 bits per heavy atom. The van der Waals surface area contributed by atoms with Crippen molar-refractivity contribution in [2.45, 2.75) is 25.0 Å². The Morgan fingerprint density at radius 3 is 2.74 bits per heavy atom. The fourth-order valence-electron chi connectivity index (χ4n) is 3.92. The average Bonchev–Trinajstić information content (AvgIpc) is 2.67. The van der Waals surface area contributed by atoms with Gasteiger partial charge in [0, 0.05) is 30.5 Å². The van der Waals surface area contributed by atoms with Gasteiger partial charge in [-0.2, -0.15) is 0 Å². The number of halogens is 2. The molecule has 3 heterocycles. The molecule has 2 aliphatic heterocycles.